The van der Waals surface area contributed by atoms with Crippen LogP contribution in [-0.2, 0) is 14.3 Å². The van der Waals surface area contributed by atoms with Crippen LogP contribution in [0.5, 0.6) is 0 Å². The molecule has 0 saturated carbocycles. The van der Waals surface area contributed by atoms with Crippen LogP contribution in [0.4, 0.5) is 5.69 Å². The maximum Gasteiger partial charge on any atom is 0.337 e. The molecule has 7 rings (SSSR count). The standard InChI is InChI=1S/C27H21NO4/c1-27-22-19-9-5-3-7-17(19)21(18-8-4-6-10-20(18)22)23(27)24(29)28(26(27)31)16-13-11-15(12-14-16)25(30)32-2/h3-14,21-23H,1-2H3/t21?,22?,23-,27+/m1/s1. The fraction of sp³-hybridized carbons (Fsp3) is 0.222. The molecular weight excluding hydrogens is 402 g/mol. The molecule has 2 atom stereocenters. The summed E-state index contributed by atoms with van der Waals surface area (Å²) in [5.41, 5.74) is 4.55. The third kappa shape index (κ3) is 2.15. The summed E-state index contributed by atoms with van der Waals surface area (Å²) >= 11 is 0. The number of ether oxygens (including phenoxy) is 1. The fourth-order valence-corrected chi connectivity index (χ4v) is 6.22. The Kier molecular flexibility index (Phi) is 3.79. The van der Waals surface area contributed by atoms with Crippen LogP contribution in [-0.4, -0.2) is 24.9 Å². The van der Waals surface area contributed by atoms with Crippen molar-refractivity contribution in [2.45, 2.75) is 18.8 Å². The monoisotopic (exact) mass is 423 g/mol. The minimum atomic E-state index is -0.870. The van der Waals surface area contributed by atoms with Crippen molar-refractivity contribution in [1.82, 2.24) is 0 Å². The van der Waals surface area contributed by atoms with E-state index in [1.54, 1.807) is 24.3 Å². The first-order chi connectivity index (χ1) is 15.5. The normalized spacial score (nSPS) is 27.1. The van der Waals surface area contributed by atoms with Crippen molar-refractivity contribution in [3.05, 3.63) is 101 Å². The van der Waals surface area contributed by atoms with E-state index < -0.39 is 17.3 Å². The van der Waals surface area contributed by atoms with E-state index in [2.05, 4.69) is 24.3 Å². The van der Waals surface area contributed by atoms with E-state index in [1.807, 2.05) is 31.2 Å². The molecule has 1 saturated heterocycles. The first-order valence-corrected chi connectivity index (χ1v) is 10.7. The Bertz CT molecular complexity index is 1260. The summed E-state index contributed by atoms with van der Waals surface area (Å²) in [5, 5.41) is 0. The van der Waals surface area contributed by atoms with E-state index in [4.69, 9.17) is 4.74 Å². The number of methoxy groups -OCH3 is 1. The van der Waals surface area contributed by atoms with Gasteiger partial charge in [0, 0.05) is 11.8 Å². The minimum Gasteiger partial charge on any atom is -0.465 e. The number of hydrogen-bond acceptors (Lipinski definition) is 4. The van der Waals surface area contributed by atoms with Gasteiger partial charge in [0.2, 0.25) is 11.8 Å². The van der Waals surface area contributed by atoms with Gasteiger partial charge in [0.15, 0.2) is 0 Å². The van der Waals surface area contributed by atoms with Gasteiger partial charge in [-0.15, -0.1) is 0 Å². The van der Waals surface area contributed by atoms with E-state index in [9.17, 15) is 14.4 Å². The van der Waals surface area contributed by atoms with Gasteiger partial charge in [-0.2, -0.15) is 0 Å². The maximum absolute atomic E-state index is 14.0. The molecule has 0 spiro atoms. The second-order valence-corrected chi connectivity index (χ2v) is 8.95. The van der Waals surface area contributed by atoms with Crippen molar-refractivity contribution < 1.29 is 19.1 Å². The zero-order valence-corrected chi connectivity index (χ0v) is 17.7. The number of imide groups is 1. The topological polar surface area (TPSA) is 63.7 Å². The summed E-state index contributed by atoms with van der Waals surface area (Å²) in [4.78, 5) is 41.0. The molecule has 5 nitrogen and oxygen atoms in total. The summed E-state index contributed by atoms with van der Waals surface area (Å²) in [6, 6.07) is 22.8. The highest BCUT2D eigenvalue weighted by molar-refractivity contribution is 6.25. The summed E-state index contributed by atoms with van der Waals surface area (Å²) in [5.74, 6) is -1.63. The van der Waals surface area contributed by atoms with Gasteiger partial charge in [-0.05, 0) is 53.4 Å². The van der Waals surface area contributed by atoms with Crippen LogP contribution in [0.1, 0.15) is 51.4 Å². The van der Waals surface area contributed by atoms with E-state index in [1.165, 1.54) is 12.0 Å². The molecule has 1 heterocycles. The molecule has 3 aliphatic carbocycles. The number of hydrogen-bond donors (Lipinski definition) is 0. The third-order valence-electron chi connectivity index (χ3n) is 7.56. The lowest BCUT2D eigenvalue weighted by atomic mass is 9.48. The number of amides is 2. The average Bonchev–Trinajstić information content (AvgIpc) is 3.04. The Balaban J connectivity index is 1.52. The SMILES string of the molecule is COC(=O)c1ccc(N2C(=O)[C@H]3C4c5ccccc5C(c5ccccc54)[C@]3(C)C2=O)cc1. The highest BCUT2D eigenvalue weighted by Crippen LogP contribution is 2.67. The molecule has 3 aromatic carbocycles. The molecule has 0 unspecified atom stereocenters. The van der Waals surface area contributed by atoms with Crippen molar-refractivity contribution in [3.8, 4) is 0 Å². The first-order valence-electron chi connectivity index (χ1n) is 10.7. The van der Waals surface area contributed by atoms with Gasteiger partial charge < -0.3 is 4.74 Å². The minimum absolute atomic E-state index is 0.159. The van der Waals surface area contributed by atoms with Crippen LogP contribution in [0.15, 0.2) is 72.8 Å². The number of carbonyl (C=O) groups is 3. The fourth-order valence-electron chi connectivity index (χ4n) is 6.22. The number of benzene rings is 3. The lowest BCUT2D eigenvalue weighted by Gasteiger charge is -2.51. The van der Waals surface area contributed by atoms with Gasteiger partial charge in [-0.3, -0.25) is 9.59 Å². The molecule has 158 valence electrons. The molecule has 2 amide bonds. The lowest BCUT2D eigenvalue weighted by molar-refractivity contribution is -0.128. The highest BCUT2D eigenvalue weighted by atomic mass is 16.5. The zero-order valence-electron chi connectivity index (χ0n) is 17.7. The molecular formula is C27H21NO4. The van der Waals surface area contributed by atoms with Crippen molar-refractivity contribution in [2.24, 2.45) is 11.3 Å². The van der Waals surface area contributed by atoms with Gasteiger partial charge in [0.25, 0.3) is 0 Å². The van der Waals surface area contributed by atoms with E-state index in [0.29, 0.717) is 11.3 Å². The molecule has 0 N–H and O–H groups in total. The van der Waals surface area contributed by atoms with Crippen LogP contribution in [0.25, 0.3) is 0 Å². The number of rotatable bonds is 2. The second-order valence-electron chi connectivity index (χ2n) is 8.95. The van der Waals surface area contributed by atoms with Crippen LogP contribution in [0.2, 0.25) is 0 Å². The Labute approximate surface area is 185 Å². The number of nitrogens with zero attached hydrogens (tertiary/aromatic N) is 1. The molecule has 1 fully saturated rings. The predicted molar refractivity (Wildman–Crippen MR) is 118 cm³/mol. The molecule has 0 aromatic heterocycles. The van der Waals surface area contributed by atoms with Crippen molar-refractivity contribution >= 4 is 23.5 Å². The predicted octanol–water partition coefficient (Wildman–Crippen LogP) is 4.26. The summed E-state index contributed by atoms with van der Waals surface area (Å²) in [6.07, 6.45) is 0. The number of anilines is 1. The van der Waals surface area contributed by atoms with E-state index in [-0.39, 0.29) is 23.7 Å². The van der Waals surface area contributed by atoms with Gasteiger partial charge in [0.1, 0.15) is 0 Å². The van der Waals surface area contributed by atoms with Crippen molar-refractivity contribution in [3.63, 3.8) is 0 Å². The van der Waals surface area contributed by atoms with Crippen LogP contribution in [0.3, 0.4) is 0 Å². The van der Waals surface area contributed by atoms with Crippen LogP contribution < -0.4 is 4.90 Å². The number of carbonyl (C=O) groups excluding carboxylic acids is 3. The van der Waals surface area contributed by atoms with Gasteiger partial charge in [-0.1, -0.05) is 48.5 Å². The Morgan fingerprint density at radius 3 is 1.91 bits per heavy atom. The van der Waals surface area contributed by atoms with Crippen molar-refractivity contribution in [1.29, 1.82) is 0 Å². The molecule has 4 aliphatic rings. The smallest absolute Gasteiger partial charge is 0.337 e. The van der Waals surface area contributed by atoms with E-state index in [0.717, 1.165) is 22.3 Å². The zero-order chi connectivity index (χ0) is 22.2. The van der Waals surface area contributed by atoms with E-state index >= 15 is 0 Å². The molecule has 1 aliphatic heterocycles. The largest absolute Gasteiger partial charge is 0.465 e. The third-order valence-corrected chi connectivity index (χ3v) is 7.56. The number of esters is 1. The van der Waals surface area contributed by atoms with Crippen LogP contribution in [0, 0.1) is 11.3 Å². The Morgan fingerprint density at radius 2 is 1.38 bits per heavy atom. The van der Waals surface area contributed by atoms with Crippen molar-refractivity contribution in [2.75, 3.05) is 12.0 Å². The maximum atomic E-state index is 14.0. The van der Waals surface area contributed by atoms with Gasteiger partial charge in [0.05, 0.1) is 29.7 Å². The summed E-state index contributed by atoms with van der Waals surface area (Å²) in [6.45, 7) is 1.95. The molecule has 2 bridgehead atoms. The quantitative estimate of drug-likeness (QED) is 0.456. The Morgan fingerprint density at radius 1 is 0.844 bits per heavy atom. The lowest BCUT2D eigenvalue weighted by Crippen LogP contribution is -2.49. The second kappa shape index (κ2) is 6.39. The molecule has 0 radical (unpaired) electrons. The van der Waals surface area contributed by atoms with Crippen LogP contribution >= 0.6 is 0 Å². The summed E-state index contributed by atoms with van der Waals surface area (Å²) < 4.78 is 4.76. The van der Waals surface area contributed by atoms with Gasteiger partial charge >= 0.3 is 5.97 Å². The average molecular weight is 423 g/mol. The molecule has 5 heteroatoms. The molecule has 3 aromatic rings. The Hall–Kier alpha value is -3.73. The highest BCUT2D eigenvalue weighted by Gasteiger charge is 2.68. The summed E-state index contributed by atoms with van der Waals surface area (Å²) in [7, 11) is 1.32. The van der Waals surface area contributed by atoms with Gasteiger partial charge in [-0.25, -0.2) is 9.69 Å². The molecule has 32 heavy (non-hydrogen) atoms. The first kappa shape index (κ1) is 19.0.